The molecule has 216 valence electrons. The van der Waals surface area contributed by atoms with Crippen molar-refractivity contribution in [3.63, 3.8) is 0 Å². The van der Waals surface area contributed by atoms with Gasteiger partial charge in [0.15, 0.2) is 0 Å². The molecule has 3 aromatic heterocycles. The van der Waals surface area contributed by atoms with Crippen LogP contribution < -0.4 is 16.4 Å². The molecule has 1 aliphatic rings. The second kappa shape index (κ2) is 11.0. The van der Waals surface area contributed by atoms with E-state index in [1.807, 2.05) is 32.7 Å². The SMILES string of the molecule is Cc1cc(N[C@@H]2CCN(C)C[C@@H]2F)n2nc(C#CCNC(=O)c3cnn(C(C)(C)C)c3N)c(CC(F)(F)F)c2c1. The number of nitrogen functional groups attached to an aromatic ring is 1. The van der Waals surface area contributed by atoms with E-state index >= 15 is 0 Å². The Bertz CT molecular complexity index is 1460. The summed E-state index contributed by atoms with van der Waals surface area (Å²) in [5.41, 5.74) is 6.59. The number of piperidine rings is 1. The number of hydrogen-bond acceptors (Lipinski definition) is 6. The molecule has 0 bridgehead atoms. The van der Waals surface area contributed by atoms with Gasteiger partial charge in [-0.3, -0.25) is 4.79 Å². The average Bonchev–Trinajstić information content (AvgIpc) is 3.38. The van der Waals surface area contributed by atoms with E-state index in [0.717, 1.165) is 0 Å². The summed E-state index contributed by atoms with van der Waals surface area (Å²) in [6.07, 6.45) is -5.00. The Balaban J connectivity index is 1.60. The number of nitrogens with zero attached hydrogens (tertiary/aromatic N) is 5. The minimum atomic E-state index is -4.51. The highest BCUT2D eigenvalue weighted by Gasteiger charge is 2.33. The Labute approximate surface area is 230 Å². The van der Waals surface area contributed by atoms with Crippen LogP contribution in [-0.4, -0.2) is 75.3 Å². The Hall–Kier alpha value is -3.79. The van der Waals surface area contributed by atoms with E-state index in [2.05, 4.69) is 32.7 Å². The van der Waals surface area contributed by atoms with Crippen LogP contribution in [0.15, 0.2) is 18.3 Å². The molecule has 13 heteroatoms. The lowest BCUT2D eigenvalue weighted by molar-refractivity contribution is -0.127. The number of amides is 1. The van der Waals surface area contributed by atoms with E-state index in [0.29, 0.717) is 24.3 Å². The van der Waals surface area contributed by atoms with Crippen molar-refractivity contribution < 1.29 is 22.4 Å². The average molecular weight is 563 g/mol. The molecule has 0 radical (unpaired) electrons. The van der Waals surface area contributed by atoms with Crippen molar-refractivity contribution in [2.24, 2.45) is 0 Å². The van der Waals surface area contributed by atoms with Crippen molar-refractivity contribution in [2.75, 3.05) is 37.7 Å². The smallest absolute Gasteiger partial charge is 0.383 e. The van der Waals surface area contributed by atoms with E-state index in [1.165, 1.54) is 15.4 Å². The molecule has 4 rings (SSSR count). The highest BCUT2D eigenvalue weighted by atomic mass is 19.4. The van der Waals surface area contributed by atoms with Gasteiger partial charge in [0.1, 0.15) is 29.1 Å². The summed E-state index contributed by atoms with van der Waals surface area (Å²) in [4.78, 5) is 14.5. The normalized spacial score (nSPS) is 18.4. The number of nitrogens with two attached hydrogens (primary N) is 1. The highest BCUT2D eigenvalue weighted by Crippen LogP contribution is 2.30. The third-order valence-corrected chi connectivity index (χ3v) is 6.67. The van der Waals surface area contributed by atoms with Crippen LogP contribution >= 0.6 is 0 Å². The van der Waals surface area contributed by atoms with Crippen molar-refractivity contribution in [3.8, 4) is 11.8 Å². The fraction of sp³-hybridized carbons (Fsp3) is 0.519. The summed E-state index contributed by atoms with van der Waals surface area (Å²) in [5, 5.41) is 14.3. The molecule has 0 spiro atoms. The quantitative estimate of drug-likeness (QED) is 0.325. The molecule has 0 unspecified atom stereocenters. The van der Waals surface area contributed by atoms with E-state index in [4.69, 9.17) is 5.73 Å². The number of hydrogen-bond donors (Lipinski definition) is 3. The lowest BCUT2D eigenvalue weighted by Gasteiger charge is -2.33. The summed E-state index contributed by atoms with van der Waals surface area (Å²) < 4.78 is 58.3. The van der Waals surface area contributed by atoms with E-state index < -0.39 is 36.3 Å². The van der Waals surface area contributed by atoms with Gasteiger partial charge in [0.05, 0.1) is 36.3 Å². The fourth-order valence-corrected chi connectivity index (χ4v) is 4.73. The van der Waals surface area contributed by atoms with Gasteiger partial charge in [0, 0.05) is 18.7 Å². The van der Waals surface area contributed by atoms with Crippen LogP contribution in [0.4, 0.5) is 29.2 Å². The third kappa shape index (κ3) is 6.50. The van der Waals surface area contributed by atoms with Gasteiger partial charge >= 0.3 is 6.18 Å². The van der Waals surface area contributed by atoms with Crippen LogP contribution in [-0.2, 0) is 12.0 Å². The second-order valence-electron chi connectivity index (χ2n) is 11.2. The molecule has 4 N–H and O–H groups in total. The molecule has 40 heavy (non-hydrogen) atoms. The lowest BCUT2D eigenvalue weighted by Crippen LogP contribution is -2.46. The molecule has 1 saturated heterocycles. The van der Waals surface area contributed by atoms with Crippen molar-refractivity contribution in [3.05, 3.63) is 40.7 Å². The summed E-state index contributed by atoms with van der Waals surface area (Å²) in [7, 11) is 1.84. The van der Waals surface area contributed by atoms with Crippen molar-refractivity contribution in [1.29, 1.82) is 0 Å². The molecular formula is C27H34F4N8O. The van der Waals surface area contributed by atoms with Gasteiger partial charge in [-0.2, -0.15) is 23.4 Å². The standard InChI is InChI=1S/C27H34F4N8O/c1-16-11-22-17(13-27(29,30)31)20(36-38(22)23(12-16)35-21-8-10-37(5)15-19(21)28)7-6-9-33-25(40)18-14-34-39(24(18)32)26(2,3)4/h11-12,14,19,21,35H,8-10,13,15,32H2,1-5H3,(H,33,40)/t19-,21+/m0/s1. The maximum Gasteiger partial charge on any atom is 0.393 e. The Morgan fingerprint density at radius 2 is 1.98 bits per heavy atom. The van der Waals surface area contributed by atoms with Crippen LogP contribution in [0.25, 0.3) is 5.52 Å². The first kappa shape index (κ1) is 29.2. The molecule has 0 aliphatic carbocycles. The third-order valence-electron chi connectivity index (χ3n) is 6.67. The highest BCUT2D eigenvalue weighted by molar-refractivity contribution is 5.98. The van der Waals surface area contributed by atoms with E-state index in [1.54, 1.807) is 19.1 Å². The Kier molecular flexibility index (Phi) is 8.03. The number of carbonyl (C=O) groups is 1. The summed E-state index contributed by atoms with van der Waals surface area (Å²) >= 11 is 0. The van der Waals surface area contributed by atoms with Gasteiger partial charge in [0.25, 0.3) is 5.91 Å². The number of pyridine rings is 1. The van der Waals surface area contributed by atoms with Crippen LogP contribution in [0.3, 0.4) is 0 Å². The molecule has 1 aliphatic heterocycles. The van der Waals surface area contributed by atoms with Gasteiger partial charge in [-0.1, -0.05) is 5.92 Å². The van der Waals surface area contributed by atoms with Crippen LogP contribution in [0.5, 0.6) is 0 Å². The second-order valence-corrected chi connectivity index (χ2v) is 11.2. The molecule has 9 nitrogen and oxygen atoms in total. The number of nitrogens with one attached hydrogen (secondary N) is 2. The lowest BCUT2D eigenvalue weighted by atomic mass is 10.0. The molecule has 1 amide bonds. The summed E-state index contributed by atoms with van der Waals surface area (Å²) in [5.74, 6) is 5.46. The zero-order chi connectivity index (χ0) is 29.4. The predicted molar refractivity (Wildman–Crippen MR) is 145 cm³/mol. The first-order valence-corrected chi connectivity index (χ1v) is 12.9. The predicted octanol–water partition coefficient (Wildman–Crippen LogP) is 3.52. The number of halogens is 4. The van der Waals surface area contributed by atoms with Crippen molar-refractivity contribution in [2.45, 2.75) is 64.5 Å². The molecule has 0 aromatic carbocycles. The number of likely N-dealkylation sites (tertiary alicyclic amines) is 1. The van der Waals surface area contributed by atoms with Gasteiger partial charge in [-0.15, -0.1) is 0 Å². The van der Waals surface area contributed by atoms with E-state index in [9.17, 15) is 22.4 Å². The molecule has 0 saturated carbocycles. The van der Waals surface area contributed by atoms with Gasteiger partial charge in [-0.05, 0) is 64.8 Å². The zero-order valence-electron chi connectivity index (χ0n) is 23.2. The van der Waals surface area contributed by atoms with Crippen LogP contribution in [0, 0.1) is 18.8 Å². The number of anilines is 2. The Morgan fingerprint density at radius 1 is 1.25 bits per heavy atom. The number of carbonyl (C=O) groups excluding carboxylic acids is 1. The number of alkyl halides is 4. The molecule has 2 atom stereocenters. The number of aromatic nitrogens is 4. The maximum absolute atomic E-state index is 14.7. The van der Waals surface area contributed by atoms with Crippen molar-refractivity contribution in [1.82, 2.24) is 29.6 Å². The number of rotatable bonds is 5. The first-order valence-electron chi connectivity index (χ1n) is 12.9. The molecular weight excluding hydrogens is 528 g/mol. The minimum absolute atomic E-state index is 0.0690. The topological polar surface area (TPSA) is 106 Å². The summed E-state index contributed by atoms with van der Waals surface area (Å²) in [6, 6.07) is 2.82. The minimum Gasteiger partial charge on any atom is -0.383 e. The van der Waals surface area contributed by atoms with Crippen molar-refractivity contribution >= 4 is 23.1 Å². The fourth-order valence-electron chi connectivity index (χ4n) is 4.73. The first-order chi connectivity index (χ1) is 18.6. The summed E-state index contributed by atoms with van der Waals surface area (Å²) in [6.45, 7) is 8.23. The van der Waals surface area contributed by atoms with Gasteiger partial charge in [0.2, 0.25) is 0 Å². The van der Waals surface area contributed by atoms with Crippen LogP contribution in [0.2, 0.25) is 0 Å². The van der Waals surface area contributed by atoms with Gasteiger partial charge in [-0.25, -0.2) is 13.6 Å². The number of aryl methyl sites for hydroxylation is 1. The zero-order valence-corrected chi connectivity index (χ0v) is 23.2. The van der Waals surface area contributed by atoms with Crippen LogP contribution in [0.1, 0.15) is 54.4 Å². The largest absolute Gasteiger partial charge is 0.393 e. The maximum atomic E-state index is 14.7. The Morgan fingerprint density at radius 3 is 2.60 bits per heavy atom. The molecule has 1 fully saturated rings. The van der Waals surface area contributed by atoms with E-state index in [-0.39, 0.29) is 41.2 Å². The monoisotopic (exact) mass is 562 g/mol. The number of fused-ring (bicyclic) bond motifs is 1. The molecule has 3 aromatic rings. The molecule has 4 heterocycles. The van der Waals surface area contributed by atoms with Gasteiger partial charge < -0.3 is 21.3 Å².